The van der Waals surface area contributed by atoms with Gasteiger partial charge in [-0.05, 0) is 24.2 Å². The van der Waals surface area contributed by atoms with Crippen LogP contribution in [-0.2, 0) is 4.79 Å². The van der Waals surface area contributed by atoms with E-state index in [4.69, 9.17) is 0 Å². The zero-order valence-corrected chi connectivity index (χ0v) is 11.0. The lowest BCUT2D eigenvalue weighted by atomic mass is 9.80. The average molecular weight is 227 g/mol. The minimum atomic E-state index is -0.317. The van der Waals surface area contributed by atoms with E-state index in [0.29, 0.717) is 18.9 Å². The fraction of sp³-hybridized carbons (Fsp3) is 0.923. The lowest BCUT2D eigenvalue weighted by Gasteiger charge is -2.33. The maximum atomic E-state index is 12.0. The largest absolute Gasteiger partial charge is 0.391 e. The number of likely N-dealkylation sites (tertiary alicyclic amines) is 1. The number of carbonyl (C=O) groups excluding carboxylic acids is 1. The van der Waals surface area contributed by atoms with Crippen LogP contribution in [0.5, 0.6) is 0 Å². The molecular formula is C13H25NO2. The van der Waals surface area contributed by atoms with Gasteiger partial charge in [0.1, 0.15) is 0 Å². The van der Waals surface area contributed by atoms with Gasteiger partial charge in [0.15, 0.2) is 0 Å². The summed E-state index contributed by atoms with van der Waals surface area (Å²) in [6, 6.07) is 0. The van der Waals surface area contributed by atoms with E-state index in [9.17, 15) is 9.90 Å². The third-order valence-electron chi connectivity index (χ3n) is 3.71. The summed E-state index contributed by atoms with van der Waals surface area (Å²) in [7, 11) is 0. The molecule has 0 aliphatic carbocycles. The number of piperidine rings is 1. The predicted molar refractivity (Wildman–Crippen MR) is 65.1 cm³/mol. The van der Waals surface area contributed by atoms with E-state index in [1.54, 1.807) is 0 Å². The van der Waals surface area contributed by atoms with Gasteiger partial charge in [0.05, 0.1) is 6.10 Å². The maximum Gasteiger partial charge on any atom is 0.222 e. The lowest BCUT2D eigenvalue weighted by molar-refractivity contribution is -0.135. The highest BCUT2D eigenvalue weighted by Crippen LogP contribution is 2.28. The van der Waals surface area contributed by atoms with Crippen molar-refractivity contribution in [3.05, 3.63) is 0 Å². The topological polar surface area (TPSA) is 40.5 Å². The number of amides is 1. The summed E-state index contributed by atoms with van der Waals surface area (Å²) in [4.78, 5) is 13.8. The fourth-order valence-corrected chi connectivity index (χ4v) is 1.88. The van der Waals surface area contributed by atoms with Crippen LogP contribution < -0.4 is 0 Å². The number of hydrogen-bond donors (Lipinski definition) is 1. The minimum absolute atomic E-state index is 0.171. The first kappa shape index (κ1) is 13.5. The van der Waals surface area contributed by atoms with Crippen LogP contribution in [0.3, 0.4) is 0 Å². The molecule has 16 heavy (non-hydrogen) atoms. The number of nitrogens with zero attached hydrogens (tertiary/aromatic N) is 1. The fourth-order valence-electron chi connectivity index (χ4n) is 1.88. The van der Waals surface area contributed by atoms with Crippen LogP contribution in [0.25, 0.3) is 0 Å². The Hall–Kier alpha value is -0.570. The third kappa shape index (κ3) is 3.78. The van der Waals surface area contributed by atoms with E-state index in [1.165, 1.54) is 0 Å². The quantitative estimate of drug-likeness (QED) is 0.784. The summed E-state index contributed by atoms with van der Waals surface area (Å²) < 4.78 is 0. The molecule has 1 aliphatic rings. The summed E-state index contributed by atoms with van der Waals surface area (Å²) in [6.45, 7) is 9.95. The second-order valence-corrected chi connectivity index (χ2v) is 6.11. The van der Waals surface area contributed by atoms with Crippen molar-refractivity contribution in [1.29, 1.82) is 0 Å². The molecule has 2 atom stereocenters. The summed E-state index contributed by atoms with van der Waals surface area (Å²) in [5, 5.41) is 9.53. The first-order chi connectivity index (χ1) is 7.30. The summed E-state index contributed by atoms with van der Waals surface area (Å²) in [6.07, 6.45) is 2.04. The molecule has 94 valence electrons. The Bertz CT molecular complexity index is 245. The maximum absolute atomic E-state index is 12.0. The van der Waals surface area contributed by atoms with E-state index in [2.05, 4.69) is 27.7 Å². The van der Waals surface area contributed by atoms with Gasteiger partial charge in [-0.25, -0.2) is 0 Å². The van der Waals surface area contributed by atoms with E-state index >= 15 is 0 Å². The summed E-state index contributed by atoms with van der Waals surface area (Å²) in [5.41, 5.74) is 0.171. The second-order valence-electron chi connectivity index (χ2n) is 6.11. The van der Waals surface area contributed by atoms with E-state index in [-0.39, 0.29) is 17.4 Å². The van der Waals surface area contributed by atoms with Gasteiger partial charge in [0, 0.05) is 19.5 Å². The molecule has 0 aromatic heterocycles. The molecule has 0 aromatic rings. The molecule has 3 nitrogen and oxygen atoms in total. The smallest absolute Gasteiger partial charge is 0.222 e. The zero-order valence-electron chi connectivity index (χ0n) is 11.0. The van der Waals surface area contributed by atoms with Gasteiger partial charge in [-0.1, -0.05) is 27.7 Å². The van der Waals surface area contributed by atoms with Gasteiger partial charge in [-0.3, -0.25) is 4.79 Å². The van der Waals surface area contributed by atoms with Crippen molar-refractivity contribution in [2.45, 2.75) is 53.1 Å². The molecule has 3 heteroatoms. The normalized spacial score (nSPS) is 24.3. The number of aliphatic hydroxyl groups excluding tert-OH is 1. The molecule has 1 heterocycles. The monoisotopic (exact) mass is 227 g/mol. The van der Waals surface area contributed by atoms with E-state index in [0.717, 1.165) is 19.4 Å². The minimum Gasteiger partial charge on any atom is -0.391 e. The Labute approximate surface area is 98.8 Å². The van der Waals surface area contributed by atoms with Crippen molar-refractivity contribution in [3.8, 4) is 0 Å². The Kier molecular flexibility index (Phi) is 4.36. The molecule has 1 amide bonds. The lowest BCUT2D eigenvalue weighted by Crippen LogP contribution is -2.43. The summed E-state index contributed by atoms with van der Waals surface area (Å²) >= 11 is 0. The molecule has 1 rings (SSSR count). The molecule has 0 radical (unpaired) electrons. The van der Waals surface area contributed by atoms with Crippen LogP contribution in [0.4, 0.5) is 0 Å². The highest BCUT2D eigenvalue weighted by atomic mass is 16.3. The molecule has 1 saturated heterocycles. The SMILES string of the molecule is CC(CC(=O)N1CCC[C@H](O)C1)C(C)(C)C. The van der Waals surface area contributed by atoms with Crippen LogP contribution in [0.15, 0.2) is 0 Å². The molecule has 1 unspecified atom stereocenters. The molecule has 0 bridgehead atoms. The first-order valence-corrected chi connectivity index (χ1v) is 6.26. The number of hydrogen-bond acceptors (Lipinski definition) is 2. The number of rotatable bonds is 2. The van der Waals surface area contributed by atoms with Crippen LogP contribution in [-0.4, -0.2) is 35.1 Å². The first-order valence-electron chi connectivity index (χ1n) is 6.26. The number of aliphatic hydroxyl groups is 1. The van der Waals surface area contributed by atoms with Crippen molar-refractivity contribution in [1.82, 2.24) is 4.90 Å². The molecule has 1 fully saturated rings. The van der Waals surface area contributed by atoms with Crippen LogP contribution in [0.2, 0.25) is 0 Å². The summed E-state index contributed by atoms with van der Waals surface area (Å²) in [5.74, 6) is 0.570. The molecular weight excluding hydrogens is 202 g/mol. The van der Waals surface area contributed by atoms with Gasteiger partial charge < -0.3 is 10.0 Å². The van der Waals surface area contributed by atoms with Crippen molar-refractivity contribution >= 4 is 5.91 Å². The second kappa shape index (κ2) is 5.17. The third-order valence-corrected chi connectivity index (χ3v) is 3.71. The van der Waals surface area contributed by atoms with Crippen molar-refractivity contribution in [2.24, 2.45) is 11.3 Å². The molecule has 0 saturated carbocycles. The molecule has 0 spiro atoms. The van der Waals surface area contributed by atoms with Gasteiger partial charge in [-0.15, -0.1) is 0 Å². The molecule has 1 N–H and O–H groups in total. The Morgan fingerprint density at radius 3 is 2.62 bits per heavy atom. The molecule has 0 aromatic carbocycles. The Morgan fingerprint density at radius 2 is 2.12 bits per heavy atom. The predicted octanol–water partition coefficient (Wildman–Crippen LogP) is 2.04. The van der Waals surface area contributed by atoms with Crippen molar-refractivity contribution < 1.29 is 9.90 Å². The Morgan fingerprint density at radius 1 is 1.50 bits per heavy atom. The van der Waals surface area contributed by atoms with Crippen molar-refractivity contribution in [3.63, 3.8) is 0 Å². The average Bonchev–Trinajstić information content (AvgIpc) is 2.16. The number of carbonyl (C=O) groups is 1. The highest BCUT2D eigenvalue weighted by Gasteiger charge is 2.27. The van der Waals surface area contributed by atoms with Crippen molar-refractivity contribution in [2.75, 3.05) is 13.1 Å². The number of β-amino-alcohol motifs (C(OH)–C–C–N with tert-alkyl or cyclic N) is 1. The van der Waals surface area contributed by atoms with E-state index in [1.807, 2.05) is 4.90 Å². The van der Waals surface area contributed by atoms with E-state index < -0.39 is 0 Å². The van der Waals surface area contributed by atoms with Crippen LogP contribution >= 0.6 is 0 Å². The zero-order chi connectivity index (χ0) is 12.3. The van der Waals surface area contributed by atoms with Gasteiger partial charge in [0.25, 0.3) is 0 Å². The molecule has 1 aliphatic heterocycles. The van der Waals surface area contributed by atoms with Gasteiger partial charge in [-0.2, -0.15) is 0 Å². The Balaban J connectivity index is 2.46. The van der Waals surface area contributed by atoms with Gasteiger partial charge >= 0.3 is 0 Å². The van der Waals surface area contributed by atoms with Gasteiger partial charge in [0.2, 0.25) is 5.91 Å². The highest BCUT2D eigenvalue weighted by molar-refractivity contribution is 5.76. The van der Waals surface area contributed by atoms with Crippen LogP contribution in [0.1, 0.15) is 47.0 Å². The van der Waals surface area contributed by atoms with Crippen LogP contribution in [0, 0.1) is 11.3 Å². The standard InChI is InChI=1S/C13H25NO2/c1-10(13(2,3)4)8-12(16)14-7-5-6-11(15)9-14/h10-11,15H,5-9H2,1-4H3/t10?,11-/m0/s1.